The van der Waals surface area contributed by atoms with Crippen molar-refractivity contribution in [1.82, 2.24) is 10.6 Å². The average molecular weight is 374 g/mol. The van der Waals surface area contributed by atoms with E-state index in [-0.39, 0.29) is 18.5 Å². The van der Waals surface area contributed by atoms with Gasteiger partial charge in [-0.2, -0.15) is 0 Å². The van der Waals surface area contributed by atoms with Gasteiger partial charge >= 0.3 is 6.03 Å². The number of carbonyl (C=O) groups is 2. The molecule has 0 atom stereocenters. The van der Waals surface area contributed by atoms with Crippen LogP contribution in [0.25, 0.3) is 0 Å². The summed E-state index contributed by atoms with van der Waals surface area (Å²) in [7, 11) is 0. The number of halogens is 1. The lowest BCUT2D eigenvalue weighted by atomic mass is 10.1. The lowest BCUT2D eigenvalue weighted by Crippen LogP contribution is -2.40. The first-order chi connectivity index (χ1) is 12.3. The van der Waals surface area contributed by atoms with Gasteiger partial charge in [0, 0.05) is 17.3 Å². The van der Waals surface area contributed by atoms with E-state index < -0.39 is 0 Å². The van der Waals surface area contributed by atoms with Crippen LogP contribution in [0.2, 0.25) is 5.02 Å². The largest absolute Gasteiger partial charge is 0.338 e. The molecule has 2 rings (SSSR count). The molecule has 0 radical (unpaired) electrons. The summed E-state index contributed by atoms with van der Waals surface area (Å²) >= 11 is 5.83. The fourth-order valence-electron chi connectivity index (χ4n) is 2.76. The molecule has 0 unspecified atom stereocenters. The van der Waals surface area contributed by atoms with Crippen LogP contribution in [-0.4, -0.2) is 25.0 Å². The van der Waals surface area contributed by atoms with Crippen molar-refractivity contribution < 1.29 is 9.59 Å². The van der Waals surface area contributed by atoms with Crippen molar-refractivity contribution in [2.75, 3.05) is 18.4 Å². The average Bonchev–Trinajstić information content (AvgIpc) is 2.58. The van der Waals surface area contributed by atoms with Crippen molar-refractivity contribution in [2.24, 2.45) is 0 Å². The molecule has 26 heavy (non-hydrogen) atoms. The van der Waals surface area contributed by atoms with E-state index in [2.05, 4.69) is 16.0 Å². The summed E-state index contributed by atoms with van der Waals surface area (Å²) in [5.41, 5.74) is 5.03. The molecular formula is C20H24ClN3O2. The van der Waals surface area contributed by atoms with Crippen molar-refractivity contribution in [3.63, 3.8) is 0 Å². The fourth-order valence-corrected chi connectivity index (χ4v) is 2.88. The van der Waals surface area contributed by atoms with Crippen molar-refractivity contribution in [1.29, 1.82) is 0 Å². The molecule has 0 aromatic heterocycles. The predicted molar refractivity (Wildman–Crippen MR) is 106 cm³/mol. The second-order valence-electron chi connectivity index (χ2n) is 6.31. The molecule has 6 heteroatoms. The third-order valence-corrected chi connectivity index (χ3v) is 4.22. The Hall–Kier alpha value is -2.53. The molecule has 138 valence electrons. The minimum Gasteiger partial charge on any atom is -0.338 e. The highest BCUT2D eigenvalue weighted by molar-refractivity contribution is 6.30. The maximum atomic E-state index is 12.1. The van der Waals surface area contributed by atoms with Crippen LogP contribution in [0.1, 0.15) is 22.3 Å². The summed E-state index contributed by atoms with van der Waals surface area (Å²) in [6.07, 6.45) is 0.693. The third kappa shape index (κ3) is 6.08. The second kappa shape index (κ2) is 9.25. The van der Waals surface area contributed by atoms with Crippen molar-refractivity contribution in [3.05, 3.63) is 63.7 Å². The highest BCUT2D eigenvalue weighted by atomic mass is 35.5. The second-order valence-corrected chi connectivity index (χ2v) is 6.74. The molecule has 0 fully saturated rings. The molecule has 2 aromatic carbocycles. The highest BCUT2D eigenvalue weighted by Crippen LogP contribution is 2.21. The van der Waals surface area contributed by atoms with Crippen LogP contribution in [0.4, 0.5) is 10.5 Å². The van der Waals surface area contributed by atoms with E-state index >= 15 is 0 Å². The summed E-state index contributed by atoms with van der Waals surface area (Å²) in [6, 6.07) is 11.1. The van der Waals surface area contributed by atoms with Gasteiger partial charge in [-0.1, -0.05) is 41.4 Å². The van der Waals surface area contributed by atoms with Gasteiger partial charge < -0.3 is 16.0 Å². The molecule has 0 spiro atoms. The number of nitrogens with one attached hydrogen (secondary N) is 3. The number of aryl methyl sites for hydroxylation is 3. The van der Waals surface area contributed by atoms with Gasteiger partial charge in [-0.25, -0.2) is 4.79 Å². The number of anilines is 1. The molecule has 0 saturated heterocycles. The Morgan fingerprint density at radius 1 is 0.962 bits per heavy atom. The minimum atomic E-state index is -0.369. The highest BCUT2D eigenvalue weighted by Gasteiger charge is 2.09. The lowest BCUT2D eigenvalue weighted by Gasteiger charge is -2.13. The summed E-state index contributed by atoms with van der Waals surface area (Å²) in [6.45, 7) is 6.31. The maximum absolute atomic E-state index is 12.1. The van der Waals surface area contributed by atoms with Crippen molar-refractivity contribution in [3.8, 4) is 0 Å². The Kier molecular flexibility index (Phi) is 7.04. The standard InChI is InChI=1S/C20H24ClN3O2/c1-13-10-14(2)19(15(3)11-13)24-18(25)12-23-20(26)22-9-8-16-4-6-17(21)7-5-16/h4-7,10-11H,8-9,12H2,1-3H3,(H,24,25)(H2,22,23,26). The first kappa shape index (κ1) is 19.8. The van der Waals surface area contributed by atoms with E-state index in [9.17, 15) is 9.59 Å². The summed E-state index contributed by atoms with van der Waals surface area (Å²) in [4.78, 5) is 23.9. The Morgan fingerprint density at radius 2 is 1.58 bits per heavy atom. The number of hydrogen-bond acceptors (Lipinski definition) is 2. The summed E-state index contributed by atoms with van der Waals surface area (Å²) in [5, 5.41) is 8.84. The van der Waals surface area contributed by atoms with Gasteiger partial charge in [0.1, 0.15) is 0 Å². The first-order valence-electron chi connectivity index (χ1n) is 8.49. The summed E-state index contributed by atoms with van der Waals surface area (Å²) in [5.74, 6) is -0.257. The van der Waals surface area contributed by atoms with Crippen LogP contribution < -0.4 is 16.0 Å². The molecular weight excluding hydrogens is 350 g/mol. The molecule has 0 aliphatic rings. The van der Waals surface area contributed by atoms with E-state index in [1.165, 1.54) is 0 Å². The van der Waals surface area contributed by atoms with Crippen LogP contribution in [0.15, 0.2) is 36.4 Å². The SMILES string of the molecule is Cc1cc(C)c(NC(=O)CNC(=O)NCCc2ccc(Cl)cc2)c(C)c1. The molecule has 2 aromatic rings. The monoisotopic (exact) mass is 373 g/mol. The van der Waals surface area contributed by atoms with Crippen LogP contribution in [0.5, 0.6) is 0 Å². The number of benzene rings is 2. The lowest BCUT2D eigenvalue weighted by molar-refractivity contribution is -0.115. The van der Waals surface area contributed by atoms with E-state index in [4.69, 9.17) is 11.6 Å². The first-order valence-corrected chi connectivity index (χ1v) is 8.87. The van der Waals surface area contributed by atoms with Gasteiger partial charge in [-0.15, -0.1) is 0 Å². The number of amides is 3. The van der Waals surface area contributed by atoms with E-state index in [1.54, 1.807) is 0 Å². The molecule has 0 aliphatic carbocycles. The normalized spacial score (nSPS) is 10.3. The van der Waals surface area contributed by atoms with Gasteiger partial charge in [0.15, 0.2) is 0 Å². The van der Waals surface area contributed by atoms with Crippen molar-refractivity contribution >= 4 is 29.2 Å². The quantitative estimate of drug-likeness (QED) is 0.721. The van der Waals surface area contributed by atoms with Crippen LogP contribution in [-0.2, 0) is 11.2 Å². The van der Waals surface area contributed by atoms with Crippen LogP contribution in [0, 0.1) is 20.8 Å². The predicted octanol–water partition coefficient (Wildman–Crippen LogP) is 3.75. The zero-order valence-corrected chi connectivity index (χ0v) is 16.0. The van der Waals surface area contributed by atoms with E-state index in [0.717, 1.165) is 27.9 Å². The number of hydrogen-bond donors (Lipinski definition) is 3. The number of rotatable bonds is 6. The number of carbonyl (C=O) groups excluding carboxylic acids is 2. The molecule has 0 heterocycles. The molecule has 0 bridgehead atoms. The van der Waals surface area contributed by atoms with Gasteiger partial charge in [0.05, 0.1) is 6.54 Å². The Balaban J connectivity index is 1.73. The Morgan fingerprint density at radius 3 is 2.19 bits per heavy atom. The molecule has 0 saturated carbocycles. The van der Waals surface area contributed by atoms with Crippen LogP contribution >= 0.6 is 11.6 Å². The molecule has 3 amide bonds. The van der Waals surface area contributed by atoms with Gasteiger partial charge in [-0.05, 0) is 56.0 Å². The molecule has 0 aliphatic heterocycles. The van der Waals surface area contributed by atoms with Gasteiger partial charge in [-0.3, -0.25) is 4.79 Å². The van der Waals surface area contributed by atoms with Crippen molar-refractivity contribution in [2.45, 2.75) is 27.2 Å². The van der Waals surface area contributed by atoms with Gasteiger partial charge in [0.25, 0.3) is 0 Å². The van der Waals surface area contributed by atoms with Gasteiger partial charge in [0.2, 0.25) is 5.91 Å². The summed E-state index contributed by atoms with van der Waals surface area (Å²) < 4.78 is 0. The van der Waals surface area contributed by atoms with E-state index in [1.807, 2.05) is 57.2 Å². The minimum absolute atomic E-state index is 0.0838. The Labute approximate surface area is 159 Å². The third-order valence-electron chi connectivity index (χ3n) is 3.96. The maximum Gasteiger partial charge on any atom is 0.315 e. The molecule has 5 nitrogen and oxygen atoms in total. The van der Waals surface area contributed by atoms with Crippen LogP contribution in [0.3, 0.4) is 0 Å². The zero-order chi connectivity index (χ0) is 19.1. The topological polar surface area (TPSA) is 70.2 Å². The zero-order valence-electron chi connectivity index (χ0n) is 15.3. The smallest absolute Gasteiger partial charge is 0.315 e. The fraction of sp³-hybridized carbons (Fsp3) is 0.300. The number of urea groups is 1. The molecule has 3 N–H and O–H groups in total. The Bertz CT molecular complexity index is 765. The van der Waals surface area contributed by atoms with E-state index in [0.29, 0.717) is 18.0 Å².